The van der Waals surface area contributed by atoms with Crippen LogP contribution in [0.5, 0.6) is 0 Å². The number of nitrogens with one attached hydrogen (secondary N) is 1. The summed E-state index contributed by atoms with van der Waals surface area (Å²) in [4.78, 5) is 0. The molecule has 1 saturated carbocycles. The average Bonchev–Trinajstić information content (AvgIpc) is 2.86. The highest BCUT2D eigenvalue weighted by Crippen LogP contribution is 2.18. The first-order valence-electron chi connectivity index (χ1n) is 9.40. The van der Waals surface area contributed by atoms with Gasteiger partial charge in [0.1, 0.15) is 5.82 Å². The van der Waals surface area contributed by atoms with Gasteiger partial charge in [-0.3, -0.25) is 0 Å². The van der Waals surface area contributed by atoms with Crippen LogP contribution in [0.4, 0.5) is 0 Å². The molecule has 4 nitrogen and oxygen atoms in total. The molecular weight excluding hydrogens is 304 g/mol. The van der Waals surface area contributed by atoms with Gasteiger partial charge in [-0.25, -0.2) is 0 Å². The van der Waals surface area contributed by atoms with E-state index in [1.165, 1.54) is 44.9 Å². The fourth-order valence-corrected chi connectivity index (χ4v) is 3.94. The Morgan fingerprint density at radius 2 is 1.83 bits per heavy atom. The molecule has 0 saturated heterocycles. The molecule has 0 amide bonds. The first kappa shape index (κ1) is 18.8. The molecule has 1 aliphatic carbocycles. The number of hydrogen-bond acceptors (Lipinski definition) is 4. The Labute approximate surface area is 146 Å². The summed E-state index contributed by atoms with van der Waals surface area (Å²) in [6, 6.07) is 0.741. The molecule has 0 spiro atoms. The normalized spacial score (nSPS) is 17.4. The van der Waals surface area contributed by atoms with Crippen molar-refractivity contribution >= 4 is 11.8 Å². The first-order valence-corrected chi connectivity index (χ1v) is 10.6. The lowest BCUT2D eigenvalue weighted by atomic mass is 9.97. The van der Waals surface area contributed by atoms with E-state index < -0.39 is 0 Å². The molecule has 0 atom stereocenters. The average molecular weight is 339 g/mol. The van der Waals surface area contributed by atoms with Gasteiger partial charge in [0, 0.05) is 19.0 Å². The molecule has 0 bridgehead atoms. The third-order valence-corrected chi connectivity index (χ3v) is 5.31. The summed E-state index contributed by atoms with van der Waals surface area (Å²) in [6.07, 6.45) is 14.1. The largest absolute Gasteiger partial charge is 0.314 e. The molecule has 0 unspecified atom stereocenters. The van der Waals surface area contributed by atoms with Gasteiger partial charge in [-0.2, -0.15) is 0 Å². The second-order valence-electron chi connectivity index (χ2n) is 7.21. The fraction of sp³-hybridized carbons (Fsp3) is 0.889. The van der Waals surface area contributed by atoms with Gasteiger partial charge in [0.25, 0.3) is 0 Å². The molecule has 23 heavy (non-hydrogen) atoms. The monoisotopic (exact) mass is 338 g/mol. The molecule has 5 heteroatoms. The van der Waals surface area contributed by atoms with Crippen molar-refractivity contribution in [1.82, 2.24) is 20.1 Å². The zero-order valence-electron chi connectivity index (χ0n) is 15.2. The number of thioether (sulfide) groups is 1. The van der Waals surface area contributed by atoms with E-state index >= 15 is 0 Å². The van der Waals surface area contributed by atoms with E-state index in [9.17, 15) is 0 Å². The molecular formula is C18H34N4S. The zero-order chi connectivity index (χ0) is 16.5. The molecule has 1 aliphatic rings. The molecule has 1 heterocycles. The summed E-state index contributed by atoms with van der Waals surface area (Å²) in [7, 11) is 0. The zero-order valence-corrected chi connectivity index (χ0v) is 16.0. The smallest absolute Gasteiger partial charge is 0.190 e. The van der Waals surface area contributed by atoms with Gasteiger partial charge >= 0.3 is 0 Å². The van der Waals surface area contributed by atoms with Crippen LogP contribution in [0, 0.1) is 5.92 Å². The quantitative estimate of drug-likeness (QED) is 0.567. The van der Waals surface area contributed by atoms with Gasteiger partial charge in [0.2, 0.25) is 0 Å². The molecule has 0 aliphatic heterocycles. The van der Waals surface area contributed by atoms with Gasteiger partial charge in [0.15, 0.2) is 5.16 Å². The van der Waals surface area contributed by atoms with E-state index in [-0.39, 0.29) is 0 Å². The Hall–Kier alpha value is -0.550. The van der Waals surface area contributed by atoms with Gasteiger partial charge in [-0.1, -0.05) is 57.7 Å². The fourth-order valence-electron chi connectivity index (χ4n) is 3.42. The lowest BCUT2D eigenvalue weighted by molar-refractivity contribution is 0.387. The summed E-state index contributed by atoms with van der Waals surface area (Å²) >= 11 is 1.70. The SMILES string of the molecule is CSc1nnc(CCCNC2CCCCCCC2)n1CC(C)C. The molecule has 1 N–H and O–H groups in total. The number of rotatable bonds is 8. The van der Waals surface area contributed by atoms with E-state index in [1.54, 1.807) is 11.8 Å². The lowest BCUT2D eigenvalue weighted by Gasteiger charge is -2.21. The lowest BCUT2D eigenvalue weighted by Crippen LogP contribution is -2.30. The molecule has 2 rings (SSSR count). The van der Waals surface area contributed by atoms with E-state index in [0.29, 0.717) is 5.92 Å². The van der Waals surface area contributed by atoms with Gasteiger partial charge in [-0.15, -0.1) is 10.2 Å². The Morgan fingerprint density at radius 3 is 2.48 bits per heavy atom. The number of hydrogen-bond donors (Lipinski definition) is 1. The van der Waals surface area contributed by atoms with Crippen LogP contribution in [0.15, 0.2) is 5.16 Å². The summed E-state index contributed by atoms with van der Waals surface area (Å²) in [5.74, 6) is 1.78. The minimum atomic E-state index is 0.628. The Balaban J connectivity index is 1.76. The topological polar surface area (TPSA) is 42.7 Å². The molecule has 1 aromatic heterocycles. The highest BCUT2D eigenvalue weighted by atomic mass is 32.2. The third-order valence-electron chi connectivity index (χ3n) is 4.64. The predicted octanol–water partition coefficient (Wildman–Crippen LogP) is 4.29. The summed E-state index contributed by atoms with van der Waals surface area (Å²) in [6.45, 7) is 6.64. The van der Waals surface area contributed by atoms with Crippen LogP contribution in [0.3, 0.4) is 0 Å². The van der Waals surface area contributed by atoms with Crippen LogP contribution >= 0.6 is 11.8 Å². The van der Waals surface area contributed by atoms with Crippen molar-refractivity contribution in [2.75, 3.05) is 12.8 Å². The Bertz CT molecular complexity index is 436. The third kappa shape index (κ3) is 6.46. The number of aromatic nitrogens is 3. The Kier molecular flexibility index (Phi) is 8.45. The van der Waals surface area contributed by atoms with E-state index in [0.717, 1.165) is 43.0 Å². The van der Waals surface area contributed by atoms with Crippen molar-refractivity contribution < 1.29 is 0 Å². The van der Waals surface area contributed by atoms with E-state index in [4.69, 9.17) is 0 Å². The van der Waals surface area contributed by atoms with Gasteiger partial charge in [-0.05, 0) is 38.0 Å². The summed E-state index contributed by atoms with van der Waals surface area (Å²) in [5.41, 5.74) is 0. The minimum Gasteiger partial charge on any atom is -0.314 e. The van der Waals surface area contributed by atoms with Crippen molar-refractivity contribution in [3.05, 3.63) is 5.82 Å². The molecule has 132 valence electrons. The molecule has 1 fully saturated rings. The summed E-state index contributed by atoms with van der Waals surface area (Å²) in [5, 5.41) is 13.6. The summed E-state index contributed by atoms with van der Waals surface area (Å²) < 4.78 is 2.31. The van der Waals surface area contributed by atoms with E-state index in [1.807, 2.05) is 0 Å². The maximum atomic E-state index is 4.42. The van der Waals surface area contributed by atoms with Gasteiger partial charge in [0.05, 0.1) is 0 Å². The highest BCUT2D eigenvalue weighted by Gasteiger charge is 2.13. The van der Waals surface area contributed by atoms with Crippen molar-refractivity contribution in [2.24, 2.45) is 5.92 Å². The van der Waals surface area contributed by atoms with Crippen LogP contribution in [0.25, 0.3) is 0 Å². The van der Waals surface area contributed by atoms with Crippen molar-refractivity contribution in [3.8, 4) is 0 Å². The van der Waals surface area contributed by atoms with Crippen LogP contribution in [-0.4, -0.2) is 33.6 Å². The second kappa shape index (κ2) is 10.3. The molecule has 1 aromatic rings. The number of aryl methyl sites for hydroxylation is 1. The standard InChI is InChI=1S/C18H34N4S/c1-15(2)14-22-17(20-21-18(22)23-3)12-9-13-19-16-10-7-5-4-6-8-11-16/h15-16,19H,4-14H2,1-3H3. The maximum Gasteiger partial charge on any atom is 0.190 e. The van der Waals surface area contributed by atoms with Crippen molar-refractivity contribution in [2.45, 2.75) is 89.4 Å². The predicted molar refractivity (Wildman–Crippen MR) is 99.1 cm³/mol. The minimum absolute atomic E-state index is 0.628. The maximum absolute atomic E-state index is 4.42. The van der Waals surface area contributed by atoms with Crippen LogP contribution in [0.1, 0.15) is 71.0 Å². The van der Waals surface area contributed by atoms with Crippen molar-refractivity contribution in [1.29, 1.82) is 0 Å². The van der Waals surface area contributed by atoms with Crippen LogP contribution in [0.2, 0.25) is 0 Å². The second-order valence-corrected chi connectivity index (χ2v) is 7.98. The van der Waals surface area contributed by atoms with Crippen LogP contribution < -0.4 is 5.32 Å². The van der Waals surface area contributed by atoms with E-state index in [2.05, 4.69) is 40.2 Å². The molecule has 0 radical (unpaired) electrons. The molecule has 0 aromatic carbocycles. The number of nitrogens with zero attached hydrogens (tertiary/aromatic N) is 3. The van der Waals surface area contributed by atoms with Crippen molar-refractivity contribution in [3.63, 3.8) is 0 Å². The van der Waals surface area contributed by atoms with Gasteiger partial charge < -0.3 is 9.88 Å². The first-order chi connectivity index (χ1) is 11.2. The van der Waals surface area contributed by atoms with Crippen LogP contribution in [-0.2, 0) is 13.0 Å². The Morgan fingerprint density at radius 1 is 1.13 bits per heavy atom. The highest BCUT2D eigenvalue weighted by molar-refractivity contribution is 7.98.